The van der Waals surface area contributed by atoms with Gasteiger partial charge in [0, 0.05) is 25.8 Å². The van der Waals surface area contributed by atoms with Crippen molar-refractivity contribution in [3.05, 3.63) is 34.4 Å². The number of rotatable bonds is 9. The van der Waals surface area contributed by atoms with Gasteiger partial charge in [-0.1, -0.05) is 0 Å². The van der Waals surface area contributed by atoms with Crippen molar-refractivity contribution in [1.82, 2.24) is 5.32 Å². The molecule has 0 fully saturated rings. The van der Waals surface area contributed by atoms with Gasteiger partial charge in [-0.25, -0.2) is 0 Å². The molecule has 7 nitrogen and oxygen atoms in total. The highest BCUT2D eigenvalue weighted by molar-refractivity contribution is 5.35. The maximum atomic E-state index is 10.5. The highest BCUT2D eigenvalue weighted by Crippen LogP contribution is 2.16. The van der Waals surface area contributed by atoms with Crippen LogP contribution in [0.1, 0.15) is 0 Å². The Morgan fingerprint density at radius 3 is 2.63 bits per heavy atom. The van der Waals surface area contributed by atoms with Crippen molar-refractivity contribution >= 4 is 5.69 Å². The molecule has 1 atom stereocenters. The zero-order valence-corrected chi connectivity index (χ0v) is 10.7. The van der Waals surface area contributed by atoms with Gasteiger partial charge in [-0.2, -0.15) is 0 Å². The molecule has 0 saturated carbocycles. The first kappa shape index (κ1) is 15.4. The topological polar surface area (TPSA) is 93.9 Å². The molecular formula is C12H18N2O5. The molecule has 0 spiro atoms. The second-order valence-corrected chi connectivity index (χ2v) is 3.89. The Balaban J connectivity index is 2.27. The van der Waals surface area contributed by atoms with Gasteiger partial charge in [-0.05, 0) is 12.1 Å². The third-order valence-electron chi connectivity index (χ3n) is 2.44. The van der Waals surface area contributed by atoms with E-state index in [0.29, 0.717) is 25.5 Å². The van der Waals surface area contributed by atoms with Crippen molar-refractivity contribution in [3.8, 4) is 5.75 Å². The Kier molecular flexibility index (Phi) is 6.80. The summed E-state index contributed by atoms with van der Waals surface area (Å²) in [6.07, 6.45) is 0. The molecule has 1 unspecified atom stereocenters. The average molecular weight is 270 g/mol. The summed E-state index contributed by atoms with van der Waals surface area (Å²) in [6.45, 7) is 1.36. The van der Waals surface area contributed by atoms with Crippen molar-refractivity contribution in [2.24, 2.45) is 0 Å². The molecule has 0 amide bonds. The molecular weight excluding hydrogens is 252 g/mol. The van der Waals surface area contributed by atoms with Crippen LogP contribution >= 0.6 is 0 Å². The predicted octanol–water partition coefficient (Wildman–Crippen LogP) is 0.571. The molecule has 7 heteroatoms. The number of nitro groups is 1. The van der Waals surface area contributed by atoms with Crippen LogP contribution in [-0.4, -0.2) is 49.5 Å². The predicted molar refractivity (Wildman–Crippen MR) is 69.3 cm³/mol. The number of hydrogen-bond acceptors (Lipinski definition) is 6. The Morgan fingerprint density at radius 1 is 1.42 bits per heavy atom. The van der Waals surface area contributed by atoms with Crippen molar-refractivity contribution < 1.29 is 19.5 Å². The average Bonchev–Trinajstić information content (AvgIpc) is 2.42. The highest BCUT2D eigenvalue weighted by atomic mass is 16.6. The Hall–Kier alpha value is -1.70. The summed E-state index contributed by atoms with van der Waals surface area (Å²) in [5.41, 5.74) is 0.0333. The van der Waals surface area contributed by atoms with E-state index in [4.69, 9.17) is 14.6 Å². The number of methoxy groups -OCH3 is 1. The van der Waals surface area contributed by atoms with Crippen molar-refractivity contribution in [1.29, 1.82) is 0 Å². The van der Waals surface area contributed by atoms with Crippen molar-refractivity contribution in [3.63, 3.8) is 0 Å². The summed E-state index contributed by atoms with van der Waals surface area (Å²) in [5, 5.41) is 22.5. The van der Waals surface area contributed by atoms with Crippen molar-refractivity contribution in [2.45, 2.75) is 6.04 Å². The Morgan fingerprint density at radius 2 is 2.11 bits per heavy atom. The van der Waals surface area contributed by atoms with Crippen molar-refractivity contribution in [2.75, 3.05) is 33.5 Å². The van der Waals surface area contributed by atoms with Crippen LogP contribution in [0.4, 0.5) is 5.69 Å². The molecule has 1 rings (SSSR count). The minimum atomic E-state index is -0.456. The maximum Gasteiger partial charge on any atom is 0.269 e. The zero-order valence-electron chi connectivity index (χ0n) is 10.7. The van der Waals surface area contributed by atoms with E-state index in [2.05, 4.69) is 5.32 Å². The van der Waals surface area contributed by atoms with Gasteiger partial charge in [-0.3, -0.25) is 10.1 Å². The molecule has 0 aliphatic rings. The fourth-order valence-electron chi connectivity index (χ4n) is 1.47. The van der Waals surface area contributed by atoms with Gasteiger partial charge >= 0.3 is 0 Å². The lowest BCUT2D eigenvalue weighted by atomic mass is 10.3. The van der Waals surface area contributed by atoms with Crippen LogP contribution in [0, 0.1) is 10.1 Å². The van der Waals surface area contributed by atoms with E-state index in [1.807, 2.05) is 0 Å². The van der Waals surface area contributed by atoms with E-state index in [0.717, 1.165) is 0 Å². The molecule has 19 heavy (non-hydrogen) atoms. The zero-order chi connectivity index (χ0) is 14.1. The molecule has 0 heterocycles. The third kappa shape index (κ3) is 5.64. The maximum absolute atomic E-state index is 10.5. The normalized spacial score (nSPS) is 12.1. The number of aliphatic hydroxyl groups is 1. The number of hydrogen-bond donors (Lipinski definition) is 2. The van der Waals surface area contributed by atoms with Gasteiger partial charge < -0.3 is 19.9 Å². The number of ether oxygens (including phenoxy) is 2. The van der Waals surface area contributed by atoms with Gasteiger partial charge in [0.05, 0.1) is 24.2 Å². The number of nitrogens with one attached hydrogen (secondary N) is 1. The monoisotopic (exact) mass is 270 g/mol. The van der Waals surface area contributed by atoms with Gasteiger partial charge in [0.1, 0.15) is 12.4 Å². The number of nitrogens with zero attached hydrogens (tertiary/aromatic N) is 1. The van der Waals surface area contributed by atoms with Crippen LogP contribution in [-0.2, 0) is 4.74 Å². The smallest absolute Gasteiger partial charge is 0.269 e. The Bertz CT molecular complexity index is 382. The van der Waals surface area contributed by atoms with E-state index in [1.165, 1.54) is 12.1 Å². The molecule has 106 valence electrons. The summed E-state index contributed by atoms with van der Waals surface area (Å²) in [4.78, 5) is 10.0. The lowest BCUT2D eigenvalue weighted by Gasteiger charge is -2.15. The molecule has 0 aliphatic carbocycles. The lowest BCUT2D eigenvalue weighted by Crippen LogP contribution is -2.38. The first-order valence-corrected chi connectivity index (χ1v) is 5.87. The molecule has 0 aliphatic heterocycles. The quantitative estimate of drug-likeness (QED) is 0.387. The minimum Gasteiger partial charge on any atom is -0.492 e. The van der Waals surface area contributed by atoms with Crippen LogP contribution in [0.3, 0.4) is 0 Å². The molecule has 1 aromatic rings. The van der Waals surface area contributed by atoms with E-state index in [-0.39, 0.29) is 18.3 Å². The second kappa shape index (κ2) is 8.41. The molecule has 0 saturated heterocycles. The fourth-order valence-corrected chi connectivity index (χ4v) is 1.47. The van der Waals surface area contributed by atoms with Crippen LogP contribution in [0.25, 0.3) is 0 Å². The van der Waals surface area contributed by atoms with Crippen LogP contribution in [0.5, 0.6) is 5.75 Å². The first-order chi connectivity index (χ1) is 9.17. The van der Waals surface area contributed by atoms with E-state index in [1.54, 1.807) is 19.2 Å². The summed E-state index contributed by atoms with van der Waals surface area (Å²) >= 11 is 0. The van der Waals surface area contributed by atoms with Gasteiger partial charge in [0.15, 0.2) is 0 Å². The summed E-state index contributed by atoms with van der Waals surface area (Å²) in [7, 11) is 1.57. The summed E-state index contributed by atoms with van der Waals surface area (Å²) in [6, 6.07) is 5.77. The molecule has 2 N–H and O–H groups in total. The summed E-state index contributed by atoms with van der Waals surface area (Å²) < 4.78 is 10.3. The summed E-state index contributed by atoms with van der Waals surface area (Å²) in [5.74, 6) is 0.569. The number of benzene rings is 1. The fraction of sp³-hybridized carbons (Fsp3) is 0.500. The van der Waals surface area contributed by atoms with Crippen LogP contribution < -0.4 is 10.1 Å². The van der Waals surface area contributed by atoms with E-state index < -0.39 is 4.92 Å². The number of aliphatic hydroxyl groups excluding tert-OH is 1. The largest absolute Gasteiger partial charge is 0.492 e. The third-order valence-corrected chi connectivity index (χ3v) is 2.44. The Labute approximate surface area is 111 Å². The van der Waals surface area contributed by atoms with Gasteiger partial charge in [-0.15, -0.1) is 0 Å². The second-order valence-electron chi connectivity index (χ2n) is 3.89. The molecule has 0 aromatic heterocycles. The first-order valence-electron chi connectivity index (χ1n) is 5.87. The minimum absolute atomic E-state index is 0.00856. The van der Waals surface area contributed by atoms with E-state index >= 15 is 0 Å². The number of nitro benzene ring substituents is 1. The lowest BCUT2D eigenvalue weighted by molar-refractivity contribution is -0.384. The van der Waals surface area contributed by atoms with Crippen LogP contribution in [0.15, 0.2) is 24.3 Å². The standard InChI is InChI=1S/C12H18N2O5/c1-18-9-10(8-15)13-6-7-19-12-4-2-11(3-5-12)14(16)17/h2-5,10,13,15H,6-9H2,1H3. The SMILES string of the molecule is COCC(CO)NCCOc1ccc([N+](=O)[O-])cc1. The van der Waals surface area contributed by atoms with Crippen LogP contribution in [0.2, 0.25) is 0 Å². The number of non-ortho nitro benzene ring substituents is 1. The van der Waals surface area contributed by atoms with Gasteiger partial charge in [0.2, 0.25) is 0 Å². The van der Waals surface area contributed by atoms with E-state index in [9.17, 15) is 10.1 Å². The highest BCUT2D eigenvalue weighted by Gasteiger charge is 2.06. The molecule has 0 bridgehead atoms. The molecule has 1 aromatic carbocycles. The van der Waals surface area contributed by atoms with Gasteiger partial charge in [0.25, 0.3) is 5.69 Å². The molecule has 0 radical (unpaired) electrons.